The summed E-state index contributed by atoms with van der Waals surface area (Å²) < 4.78 is 28.4. The third kappa shape index (κ3) is 25.6. The summed E-state index contributed by atoms with van der Waals surface area (Å²) in [5.41, 5.74) is 34.5. The number of allylic oxidation sites excluding steroid dienone is 1. The molecule has 0 saturated heterocycles. The number of amidine groups is 4. The minimum absolute atomic E-state index is 0.00345. The van der Waals surface area contributed by atoms with Gasteiger partial charge in [0.15, 0.2) is 52.1 Å². The smallest absolute Gasteiger partial charge is 0.347 e. The van der Waals surface area contributed by atoms with E-state index in [0.717, 1.165) is 31.2 Å². The molecule has 0 aliphatic carbocycles. The minimum Gasteiger partial charge on any atom is -0.437 e. The summed E-state index contributed by atoms with van der Waals surface area (Å²) in [5, 5.41) is 80.5. The second-order valence-electron chi connectivity index (χ2n) is 32.3. The molecule has 52 heteroatoms. The van der Waals surface area contributed by atoms with Gasteiger partial charge in [-0.25, -0.2) is 44.4 Å². The van der Waals surface area contributed by atoms with Gasteiger partial charge in [0.1, 0.15) is 11.8 Å². The predicted octanol–water partition coefficient (Wildman–Crippen LogP) is 15.8. The van der Waals surface area contributed by atoms with E-state index in [2.05, 4.69) is 126 Å². The molecule has 14 rings (SSSR count). The highest BCUT2D eigenvalue weighted by Crippen LogP contribution is 2.46. The van der Waals surface area contributed by atoms with E-state index in [0.29, 0.717) is 56.3 Å². The Labute approximate surface area is 842 Å². The van der Waals surface area contributed by atoms with Gasteiger partial charge >= 0.3 is 30.2 Å². The Balaban J connectivity index is 0.000000183. The number of nitrogens with one attached hydrogen (secondary N) is 10. The molecular weight excluding hydrogens is 1990 g/mol. The van der Waals surface area contributed by atoms with E-state index in [4.69, 9.17) is 144 Å². The van der Waals surface area contributed by atoms with Crippen molar-refractivity contribution in [1.82, 2.24) is 67.4 Å². The quantitative estimate of drug-likeness (QED) is 0.0180. The van der Waals surface area contributed by atoms with Crippen molar-refractivity contribution in [3.8, 4) is 58.3 Å². The number of halogens is 7. The molecule has 0 saturated carbocycles. The molecule has 4 aromatic heterocycles. The van der Waals surface area contributed by atoms with Gasteiger partial charge in [0.05, 0.1) is 92.1 Å². The topological polar surface area (TPSA) is 647 Å². The summed E-state index contributed by atoms with van der Waals surface area (Å²) in [7, 11) is 0. The average Bonchev–Trinajstić information content (AvgIpc) is 0.760. The summed E-state index contributed by atoms with van der Waals surface area (Å²) in [6, 6.07) is 19.0. The normalized spacial score (nSPS) is 14.2. The van der Waals surface area contributed by atoms with Crippen LogP contribution < -0.4 is 126 Å². The number of nitriles is 1. The number of anilines is 5. The third-order valence-corrected chi connectivity index (χ3v) is 22.2. The Hall–Kier alpha value is -16.4. The number of benzene rings is 5. The zero-order valence-corrected chi connectivity index (χ0v) is 83.2. The van der Waals surface area contributed by atoms with Crippen molar-refractivity contribution in [2.24, 2.45) is 60.1 Å². The van der Waals surface area contributed by atoms with Gasteiger partial charge in [0.25, 0.3) is 22.2 Å². The summed E-state index contributed by atoms with van der Waals surface area (Å²) in [4.78, 5) is 120. The molecule has 9 heterocycles. The van der Waals surface area contributed by atoms with Crippen LogP contribution >= 0.6 is 81.2 Å². The van der Waals surface area contributed by atoms with Crippen LogP contribution in [-0.2, 0) is 4.79 Å². The number of primary amides is 1. The monoisotopic (exact) mass is 2080 g/mol. The number of H-pyrrole nitrogens is 4. The van der Waals surface area contributed by atoms with E-state index < -0.39 is 36.1 Å². The van der Waals surface area contributed by atoms with Crippen LogP contribution in [0.25, 0.3) is 0 Å². The minimum atomic E-state index is -0.663. The first-order chi connectivity index (χ1) is 66.6. The summed E-state index contributed by atoms with van der Waals surface area (Å²) in [6.07, 6.45) is 1.20. The molecule has 0 unspecified atom stereocenters. The van der Waals surface area contributed by atoms with Crippen molar-refractivity contribution in [1.29, 1.82) is 10.7 Å². The summed E-state index contributed by atoms with van der Waals surface area (Å²) in [6.45, 7) is 43.6. The molecule has 0 spiro atoms. The molecule has 45 nitrogen and oxygen atoms in total. The average molecular weight is 2080 g/mol. The number of hydrazone groups is 5. The number of hydrogen-bond acceptors (Lipinski definition) is 30. The number of nitrogens with two attached hydrogens (primary N) is 5. The molecule has 0 fully saturated rings. The van der Waals surface area contributed by atoms with Crippen molar-refractivity contribution in [2.75, 3.05) is 25.0 Å². The summed E-state index contributed by atoms with van der Waals surface area (Å²) in [5.74, 6) is 0.828. The van der Waals surface area contributed by atoms with Gasteiger partial charge in [-0.2, -0.15) is 35.4 Å². The van der Waals surface area contributed by atoms with E-state index in [9.17, 15) is 47.9 Å². The van der Waals surface area contributed by atoms with Crippen molar-refractivity contribution >= 4 is 181 Å². The Morgan fingerprint density at radius 2 is 0.669 bits per heavy atom. The number of hydrogen-bond donors (Lipinski definition) is 15. The van der Waals surface area contributed by atoms with Gasteiger partial charge in [-0.05, 0) is 134 Å². The van der Waals surface area contributed by atoms with Gasteiger partial charge in [-0.15, -0.1) is 40.8 Å². The van der Waals surface area contributed by atoms with Crippen molar-refractivity contribution in [2.45, 2.75) is 121 Å². The summed E-state index contributed by atoms with van der Waals surface area (Å²) >= 11 is 44.1. The van der Waals surface area contributed by atoms with Crippen molar-refractivity contribution in [3.63, 3.8) is 0 Å². The highest BCUT2D eigenvalue weighted by molar-refractivity contribution is 6.40. The Morgan fingerprint density at radius 1 is 0.394 bits per heavy atom. The van der Waals surface area contributed by atoms with Crippen LogP contribution in [0.15, 0.2) is 197 Å². The van der Waals surface area contributed by atoms with Gasteiger partial charge in [0, 0.05) is 58.2 Å². The maximum absolute atomic E-state index is 12.3. The maximum Gasteiger partial charge on any atom is 0.347 e. The number of rotatable bonds is 21. The Kier molecular flexibility index (Phi) is 34.5. The number of urea groups is 5. The Morgan fingerprint density at radius 3 is 0.986 bits per heavy atom. The van der Waals surface area contributed by atoms with Gasteiger partial charge in [-0.1, -0.05) is 183 Å². The number of aromatic nitrogens is 8. The van der Waals surface area contributed by atoms with E-state index in [1.807, 2.05) is 75.3 Å². The fourth-order valence-electron chi connectivity index (χ4n) is 12.7. The lowest BCUT2D eigenvalue weighted by atomic mass is 10.0. The number of aryl methyl sites for hydroxylation is 3. The number of aromatic amines is 4. The van der Waals surface area contributed by atoms with Gasteiger partial charge in [-0.3, -0.25) is 29.4 Å². The van der Waals surface area contributed by atoms with Crippen LogP contribution in [0, 0.1) is 50.4 Å². The van der Waals surface area contributed by atoms with Crippen LogP contribution in [0.5, 0.6) is 52.3 Å². The predicted molar refractivity (Wildman–Crippen MR) is 543 cm³/mol. The zero-order chi connectivity index (χ0) is 105. The van der Waals surface area contributed by atoms with E-state index in [-0.39, 0.29) is 214 Å². The number of ether oxygens (including phenoxy) is 5. The standard InChI is InChI=1S/C19H16Cl2N6O3.C19H22N6O3.C18H19ClN6O3.C17H16Cl2N6O3.C17H18Cl2N6O3/c1-8(2)11-5-15(24-25-18(11)28)30-17-12(20)6-14(9(3)16(17)21)27-19(29)23-10(4)13(7-22)26-27;1-9(2)14-8-15(22-23-18(14)26)28-16-10(3)6-13(7-11(16)4)25-19(27)21-12(5)17(20)24-25;1-8(2)12-7-14(22-23-17(12)26)28-15-9(3)5-11(6-13(15)19)25-18(27)21-10(4)16(20)24-25;1-7(2)10-6-13(22-23-16(10)26)28-14-11(18)4-9(5-12(14)19)25-17(27)21-8(3)15(20)24-25;1-7(2)10(16(22)26)6-13(20)28-14-11(18)4-9(5-12(14)19)25-17(27)23-8(3)15(21)24-25/h5-6,8H,4H2,1-3H3,(H,23,29)(H,25,28);6-9H,5H2,1-4H3,(H2,20,24)(H,21,27)(H,23,26);5-8H,4H2,1-3H3,(H2,20,24)(H,21,27)(H,23,26);4-7H,3H2,1-2H3,(H2,20,24)(H,21,27)(H,23,26);4-7,20H,3H2,1-2H3,(H2,21,24)(H2,22,26)(H,23,27)/b;;;;10-6-,20-13?. The van der Waals surface area contributed by atoms with Crippen LogP contribution in [0.3, 0.4) is 0 Å². The number of amides is 11. The van der Waals surface area contributed by atoms with E-state index >= 15 is 0 Å². The van der Waals surface area contributed by atoms with Crippen molar-refractivity contribution in [3.05, 3.63) is 273 Å². The molecule has 20 N–H and O–H groups in total. The molecule has 11 amide bonds. The molecular formula is C90H91Cl7N30O15. The third-order valence-electron chi connectivity index (χ3n) is 20.1. The van der Waals surface area contributed by atoms with Gasteiger partial charge in [0.2, 0.25) is 35.3 Å². The molecule has 0 bridgehead atoms. The zero-order valence-electron chi connectivity index (χ0n) is 77.9. The van der Waals surface area contributed by atoms with E-state index in [1.54, 1.807) is 58.0 Å². The first-order valence-electron chi connectivity index (χ1n) is 41.8. The van der Waals surface area contributed by atoms with Crippen LogP contribution in [0.1, 0.15) is 137 Å². The number of carbonyl (C=O) groups excluding carboxylic acids is 6. The second kappa shape index (κ2) is 45.5. The largest absolute Gasteiger partial charge is 0.437 e. The molecule has 5 aliphatic rings. The SMILES string of the molecule is C=C1NC(=O)N(c2cc(C)c(Oc3cc(C(C)C)c(=O)[nH]n3)c(C)c2)N=C1N.C=C1NC(=O)N(c2cc(C)c(Oc3cc(C(C)C)c(=O)[nH]n3)c(Cl)c2)N=C1N.C=C1NC(=O)N(c2cc(Cl)c(OC(=N)/C=C(\C(N)=O)C(C)C)c(Cl)c2)N=C1N.C=C1NC(=O)N(c2cc(Cl)c(Oc3cc(C(C)C)c(=O)[nH]n3)c(Cl)c2)N=C1N.C=C1NC(=O)N(c2cc(Cl)c(Oc3cc(C(C)C)c(=O)[nH]n3)c(Cl)c2C)N=C1C#N. The van der Waals surface area contributed by atoms with Crippen LogP contribution in [0.2, 0.25) is 35.2 Å². The highest BCUT2D eigenvalue weighted by Gasteiger charge is 2.34. The highest BCUT2D eigenvalue weighted by atomic mass is 35.5. The fourth-order valence-corrected chi connectivity index (χ4v) is 14.6. The lowest BCUT2D eigenvalue weighted by Gasteiger charge is -2.25. The van der Waals surface area contributed by atoms with Crippen LogP contribution in [-0.4, -0.2) is 112 Å². The Bertz CT molecular complexity index is 6780. The van der Waals surface area contributed by atoms with Gasteiger partial charge < -0.3 is 78.9 Å². The number of carbonyl (C=O) groups is 6. The second-order valence-corrected chi connectivity index (χ2v) is 35.1. The lowest BCUT2D eigenvalue weighted by Crippen LogP contribution is -2.45. The molecule has 0 atom stereocenters. The molecule has 9 aromatic rings. The molecule has 0 radical (unpaired) electrons. The first-order valence-corrected chi connectivity index (χ1v) is 44.4. The van der Waals surface area contributed by atoms with E-state index in [1.165, 1.54) is 59.6 Å². The molecule has 5 aliphatic heterocycles. The number of nitrogens with zero attached hydrogens (tertiary/aromatic N) is 15. The maximum atomic E-state index is 12.3. The lowest BCUT2D eigenvalue weighted by molar-refractivity contribution is -0.115. The first kappa shape index (κ1) is 108. The fraction of sp³-hybridized carbons (Fsp3) is 0.211. The molecule has 740 valence electrons. The van der Waals surface area contributed by atoms with Crippen molar-refractivity contribution < 1.29 is 52.5 Å². The molecule has 142 heavy (non-hydrogen) atoms. The van der Waals surface area contributed by atoms with Crippen LogP contribution in [0.4, 0.5) is 52.4 Å². The molecule has 5 aromatic carbocycles.